The molecule has 6 aromatic rings. The van der Waals surface area contributed by atoms with E-state index in [0.717, 1.165) is 50.7 Å². The molecule has 10 rings (SSSR count). The molecule has 1 aliphatic carbocycles. The number of sulfone groups is 1. The first-order valence-electron chi connectivity index (χ1n) is 41.7. The van der Waals surface area contributed by atoms with Gasteiger partial charge in [-0.25, -0.2) is 46.8 Å². The third-order valence-electron chi connectivity index (χ3n) is 21.4. The van der Waals surface area contributed by atoms with Crippen LogP contribution in [0.15, 0.2) is 64.9 Å². The molecule has 38 heteroatoms. The first kappa shape index (κ1) is 94.2. The number of urea groups is 1. The van der Waals surface area contributed by atoms with E-state index in [9.17, 15) is 51.9 Å². The first-order valence-corrected chi connectivity index (χ1v) is 43.5. The standard InChI is InChI=1S/C84H114FN15O21S/c1-6-84(109)65-46-70-76-63(52-100(70)79(105)64(65)54-120-80(84)106)74-67(22-21-62-56(4)66(85)47-69(92-76)73(62)74)94-83(108)121-53-58-17-19-60(20-18-58)91-77(103)68(14-11-25-87-81(86)107)93-78(104)75(55(2)3)95-72(102)16-10-13-57-23-26-98(27-24-57)28-30-112-32-34-114-36-38-116-40-42-118-44-45-119-43-41-117-39-37-115-35-33-113-31-29-99-51-61(96-97-99)50-88-71(101)15-9-7-8-12-59-48-89-82(90-49-59)122(5,110)111/h17-20,46-49,51,55,57,67-68,75,109H,6-7,9-11,13-16,21-45,50,52-54H2,1-5H3,(H,88,101)(H,91,103)(H,93,104)(H,94,108)(H,95,102)(H3,86,87,107)/t67-,68-,75-,84-/m0/s1. The van der Waals surface area contributed by atoms with Crippen LogP contribution in [-0.4, -0.2) is 245 Å². The number of nitrogens with zero attached hydrogens (tertiary/aromatic N) is 8. The minimum Gasteiger partial charge on any atom is -0.458 e. The van der Waals surface area contributed by atoms with Crippen molar-refractivity contribution in [3.8, 4) is 23.2 Å². The number of primary amides is 1. The van der Waals surface area contributed by atoms with Crippen molar-refractivity contribution in [2.24, 2.45) is 17.6 Å². The number of unbranched alkanes of at least 4 members (excludes halogenated alkanes) is 1. The molecule has 7 amide bonds. The number of fused-ring (bicyclic) bond motifs is 5. The molecule has 0 radical (unpaired) electrons. The number of nitrogens with one attached hydrogen (secondary N) is 6. The Morgan fingerprint density at radius 1 is 0.762 bits per heavy atom. The van der Waals surface area contributed by atoms with Crippen LogP contribution in [0.1, 0.15) is 154 Å². The molecule has 0 saturated carbocycles. The van der Waals surface area contributed by atoms with Gasteiger partial charge in [0.1, 0.15) is 36.8 Å². The zero-order chi connectivity index (χ0) is 87.0. The smallest absolute Gasteiger partial charge is 0.407 e. The summed E-state index contributed by atoms with van der Waals surface area (Å²) in [7, 11) is -3.48. The van der Waals surface area contributed by atoms with Gasteiger partial charge < -0.3 is 99.6 Å². The second-order valence-corrected chi connectivity index (χ2v) is 32.5. The second kappa shape index (κ2) is 47.6. The quantitative estimate of drug-likeness (QED) is 0.0110. The average Bonchev–Trinajstić information content (AvgIpc) is 1.52. The Morgan fingerprint density at radius 3 is 2.00 bits per heavy atom. The highest BCUT2D eigenvalue weighted by Crippen LogP contribution is 2.46. The van der Waals surface area contributed by atoms with Crippen LogP contribution in [0.2, 0.25) is 0 Å². The van der Waals surface area contributed by atoms with Crippen LogP contribution in [0.25, 0.3) is 22.3 Å². The summed E-state index contributed by atoms with van der Waals surface area (Å²) >= 11 is 0. The molecule has 36 nitrogen and oxygen atoms in total. The molecule has 1 saturated heterocycles. The van der Waals surface area contributed by atoms with Crippen molar-refractivity contribution in [2.75, 3.05) is 143 Å². The van der Waals surface area contributed by atoms with Gasteiger partial charge in [0.15, 0.2) is 5.60 Å². The molecule has 664 valence electrons. The predicted octanol–water partition coefficient (Wildman–Crippen LogP) is 4.79. The maximum absolute atomic E-state index is 15.5. The Labute approximate surface area is 708 Å². The van der Waals surface area contributed by atoms with E-state index in [1.807, 2.05) is 13.8 Å². The van der Waals surface area contributed by atoms with Gasteiger partial charge in [-0.2, -0.15) is 0 Å². The lowest BCUT2D eigenvalue weighted by Crippen LogP contribution is -2.54. The fourth-order valence-corrected chi connectivity index (χ4v) is 15.2. The number of carbonyl (C=O) groups is 7. The van der Waals surface area contributed by atoms with E-state index in [2.05, 4.69) is 68.9 Å². The van der Waals surface area contributed by atoms with Crippen LogP contribution in [0.4, 0.5) is 19.7 Å². The number of hydrogen-bond acceptors (Lipinski definition) is 27. The Kier molecular flexibility index (Phi) is 36.7. The topological polar surface area (TPSA) is 459 Å². The number of nitrogens with two attached hydrogens (primary N) is 1. The molecule has 0 bridgehead atoms. The number of aryl methyl sites for hydroxylation is 1. The lowest BCUT2D eigenvalue weighted by molar-refractivity contribution is -0.172. The van der Waals surface area contributed by atoms with E-state index in [1.165, 1.54) is 23.0 Å². The van der Waals surface area contributed by atoms with E-state index in [1.54, 1.807) is 55.1 Å². The van der Waals surface area contributed by atoms with Crippen LogP contribution < -0.4 is 43.2 Å². The van der Waals surface area contributed by atoms with Crippen molar-refractivity contribution in [1.82, 2.24) is 66.0 Å². The van der Waals surface area contributed by atoms with Gasteiger partial charge in [-0.15, -0.1) is 5.10 Å². The number of esters is 1. The van der Waals surface area contributed by atoms with Crippen molar-refractivity contribution < 1.29 is 98.8 Å². The number of piperidine rings is 1. The molecule has 1 fully saturated rings. The number of carbonyl (C=O) groups excluding carboxylic acids is 7. The minimum absolute atomic E-state index is 0.0445. The zero-order valence-corrected chi connectivity index (χ0v) is 70.8. The van der Waals surface area contributed by atoms with E-state index in [0.29, 0.717) is 212 Å². The summed E-state index contributed by atoms with van der Waals surface area (Å²) in [6.07, 6.45) is 10.9. The molecule has 0 spiro atoms. The molecule has 9 N–H and O–H groups in total. The normalized spacial score (nSPS) is 16.1. The number of cyclic esters (lactones) is 1. The van der Waals surface area contributed by atoms with Crippen LogP contribution in [0, 0.1) is 36.4 Å². The highest BCUT2D eigenvalue weighted by molar-refractivity contribution is 7.90. The molecule has 122 heavy (non-hydrogen) atoms. The van der Waals surface area contributed by atoms with E-state index >= 15 is 4.39 Å². The number of benzene rings is 2. The summed E-state index contributed by atoms with van der Waals surface area (Å²) in [5.41, 5.74) is 8.66. The van der Waals surface area contributed by atoms with Gasteiger partial charge in [0.25, 0.3) is 5.56 Å². The van der Waals surface area contributed by atoms with Gasteiger partial charge in [0.05, 0.1) is 166 Å². The summed E-state index contributed by atoms with van der Waals surface area (Å²) in [6.45, 7) is 17.1. The van der Waals surface area contributed by atoms with Crippen molar-refractivity contribution >= 4 is 68.1 Å². The van der Waals surface area contributed by atoms with Gasteiger partial charge >= 0.3 is 18.1 Å². The molecule has 3 aliphatic heterocycles. The fraction of sp³-hybridized carbons (Fsp3) is 0.583. The average molecular weight is 1720 g/mol. The number of hydrogen-bond donors (Lipinski definition) is 8. The van der Waals surface area contributed by atoms with Crippen molar-refractivity contribution in [1.29, 1.82) is 0 Å². The monoisotopic (exact) mass is 1720 g/mol. The van der Waals surface area contributed by atoms with Crippen molar-refractivity contribution in [3.05, 3.63) is 121 Å². The second-order valence-electron chi connectivity index (χ2n) is 30.6. The van der Waals surface area contributed by atoms with Gasteiger partial charge in [0.2, 0.25) is 38.6 Å². The summed E-state index contributed by atoms with van der Waals surface area (Å²) < 4.78 is 97.7. The summed E-state index contributed by atoms with van der Waals surface area (Å²) in [5.74, 6) is 3.12. The molecule has 4 aliphatic rings. The first-order chi connectivity index (χ1) is 58.9. The Hall–Kier alpha value is -10.1. The van der Waals surface area contributed by atoms with E-state index in [4.69, 9.17) is 58.1 Å². The third-order valence-corrected chi connectivity index (χ3v) is 22.3. The number of ether oxygens (including phenoxy) is 10. The zero-order valence-electron chi connectivity index (χ0n) is 70.0. The van der Waals surface area contributed by atoms with Crippen LogP contribution in [0.3, 0.4) is 0 Å². The van der Waals surface area contributed by atoms with Crippen LogP contribution in [-0.2, 0) is 126 Å². The number of rotatable bonds is 51. The van der Waals surface area contributed by atoms with Crippen molar-refractivity contribution in [3.63, 3.8) is 0 Å². The molecule has 2 aromatic carbocycles. The molecular formula is C84H114FN15O21S. The number of halogens is 1. The highest BCUT2D eigenvalue weighted by Gasteiger charge is 2.46. The number of likely N-dealkylation sites (tertiary alicyclic amines) is 1. The Balaban J connectivity index is 0.514. The number of anilines is 1. The Morgan fingerprint density at radius 2 is 1.39 bits per heavy atom. The largest absolute Gasteiger partial charge is 0.458 e. The minimum atomic E-state index is -3.48. The number of aliphatic hydroxyl groups is 1. The van der Waals surface area contributed by atoms with Gasteiger partial charge in [-0.1, -0.05) is 50.0 Å². The maximum atomic E-state index is 15.5. The molecule has 4 aromatic heterocycles. The van der Waals surface area contributed by atoms with E-state index in [-0.39, 0.29) is 99.0 Å². The third kappa shape index (κ3) is 28.0. The van der Waals surface area contributed by atoms with Gasteiger partial charge in [-0.3, -0.25) is 24.0 Å². The van der Waals surface area contributed by atoms with E-state index < -0.39 is 74.8 Å². The predicted molar refractivity (Wildman–Crippen MR) is 442 cm³/mol. The lowest BCUT2D eigenvalue weighted by Gasteiger charge is -2.31. The highest BCUT2D eigenvalue weighted by atomic mass is 32.2. The summed E-state index contributed by atoms with van der Waals surface area (Å²) in [4.78, 5) is 121. The van der Waals surface area contributed by atoms with Gasteiger partial charge in [-0.05, 0) is 137 Å². The number of aromatic nitrogens is 7. The lowest BCUT2D eigenvalue weighted by atomic mass is 9.81. The number of alkyl carbamates (subject to hydrolysis) is 1. The number of amides is 7. The maximum Gasteiger partial charge on any atom is 0.407 e. The van der Waals surface area contributed by atoms with Crippen LogP contribution >= 0.6 is 0 Å². The molecule has 0 unspecified atom stereocenters. The SMILES string of the molecule is CC[C@@]1(O)C(=O)OCc2c1cc1n(c2=O)Cc2c-1nc1cc(F)c(C)c3c1c2[C@@H](NC(=O)OCc1ccc(NC(=O)[C@H](CCCNC(N)=O)NC(=O)[C@@H](NC(=O)CCCC2CCN(CCOCCOCCOCCOCCOCCOCCOCCOCCn4cc(CNC(=O)CCCC#Cc5cnc(S(C)(=O)=O)nc5)nn4)CC2)C(C)C)cc1)CC3. The van der Waals surface area contributed by atoms with Crippen molar-refractivity contribution in [2.45, 2.75) is 173 Å². The number of pyridine rings is 2. The van der Waals surface area contributed by atoms with Gasteiger partial charge in [0, 0.05) is 79.3 Å². The summed E-state index contributed by atoms with van der Waals surface area (Å²) in [5, 5.41) is 37.0. The molecular weight excluding hydrogens is 1610 g/mol. The molecule has 7 heterocycles. The Bertz CT molecular complexity index is 4770. The van der Waals surface area contributed by atoms with Crippen LogP contribution in [0.5, 0.6) is 0 Å². The fourth-order valence-electron chi connectivity index (χ4n) is 14.7. The summed E-state index contributed by atoms with van der Waals surface area (Å²) in [6, 6.07) is 6.08. The molecule has 4 atom stereocenters.